The van der Waals surface area contributed by atoms with Crippen LogP contribution in [0.4, 0.5) is 10.1 Å². The zero-order chi connectivity index (χ0) is 19.6. The highest BCUT2D eigenvalue weighted by Crippen LogP contribution is 2.30. The summed E-state index contributed by atoms with van der Waals surface area (Å²) in [6, 6.07) is 15.2. The van der Waals surface area contributed by atoms with Crippen LogP contribution in [0.2, 0.25) is 5.02 Å². The molecule has 0 spiro atoms. The van der Waals surface area contributed by atoms with Gasteiger partial charge in [0, 0.05) is 5.56 Å². The summed E-state index contributed by atoms with van der Waals surface area (Å²) >= 11 is 6.25. The SMILES string of the molecule is Cc1cccc(S(=O)(=O)Nc2ccc(-c3ccc(F)c(C#N)n3)c(Cl)c2)c1. The molecule has 8 heteroatoms. The fraction of sp³-hybridized carbons (Fsp3) is 0.0526. The van der Waals surface area contributed by atoms with Crippen molar-refractivity contribution in [3.8, 4) is 17.3 Å². The predicted molar refractivity (Wildman–Crippen MR) is 101 cm³/mol. The van der Waals surface area contributed by atoms with E-state index < -0.39 is 15.8 Å². The van der Waals surface area contributed by atoms with Crippen LogP contribution in [0.5, 0.6) is 0 Å². The smallest absolute Gasteiger partial charge is 0.261 e. The van der Waals surface area contributed by atoms with Gasteiger partial charge in [0.05, 0.1) is 21.3 Å². The Balaban J connectivity index is 1.93. The molecule has 1 N–H and O–H groups in total. The number of hydrogen-bond acceptors (Lipinski definition) is 4. The summed E-state index contributed by atoms with van der Waals surface area (Å²) in [6.07, 6.45) is 0. The average molecular weight is 402 g/mol. The quantitative estimate of drug-likeness (QED) is 0.696. The van der Waals surface area contributed by atoms with Gasteiger partial charge in [0.15, 0.2) is 11.5 Å². The monoisotopic (exact) mass is 401 g/mol. The van der Waals surface area contributed by atoms with Crippen LogP contribution in [-0.2, 0) is 10.0 Å². The number of pyridine rings is 1. The number of rotatable bonds is 4. The van der Waals surface area contributed by atoms with Crippen molar-refractivity contribution in [1.82, 2.24) is 4.98 Å². The molecule has 0 aliphatic carbocycles. The molecule has 0 amide bonds. The number of benzene rings is 2. The number of sulfonamides is 1. The first-order valence-electron chi connectivity index (χ1n) is 7.76. The summed E-state index contributed by atoms with van der Waals surface area (Å²) < 4.78 is 40.9. The molecule has 0 bridgehead atoms. The molecule has 0 saturated heterocycles. The topological polar surface area (TPSA) is 82.9 Å². The van der Waals surface area contributed by atoms with Crippen LogP contribution in [0.15, 0.2) is 59.5 Å². The molecule has 3 aromatic rings. The van der Waals surface area contributed by atoms with Crippen LogP contribution < -0.4 is 4.72 Å². The van der Waals surface area contributed by atoms with Crippen molar-refractivity contribution < 1.29 is 12.8 Å². The average Bonchev–Trinajstić information content (AvgIpc) is 2.62. The van der Waals surface area contributed by atoms with Crippen LogP contribution in [0.25, 0.3) is 11.3 Å². The third kappa shape index (κ3) is 4.08. The lowest BCUT2D eigenvalue weighted by Gasteiger charge is -2.11. The lowest BCUT2D eigenvalue weighted by atomic mass is 10.1. The largest absolute Gasteiger partial charge is 0.280 e. The molecule has 27 heavy (non-hydrogen) atoms. The van der Waals surface area contributed by atoms with Crippen molar-refractivity contribution >= 4 is 27.3 Å². The highest BCUT2D eigenvalue weighted by atomic mass is 35.5. The molecule has 0 saturated carbocycles. The highest BCUT2D eigenvalue weighted by Gasteiger charge is 2.16. The normalized spacial score (nSPS) is 11.0. The summed E-state index contributed by atoms with van der Waals surface area (Å²) in [5, 5.41) is 9.11. The second-order valence-electron chi connectivity index (χ2n) is 5.76. The van der Waals surface area contributed by atoms with Gasteiger partial charge in [0.25, 0.3) is 10.0 Å². The lowest BCUT2D eigenvalue weighted by Crippen LogP contribution is -2.13. The molecule has 5 nitrogen and oxygen atoms in total. The minimum Gasteiger partial charge on any atom is -0.280 e. The Hall–Kier alpha value is -2.95. The maximum Gasteiger partial charge on any atom is 0.261 e. The minimum atomic E-state index is -3.76. The van der Waals surface area contributed by atoms with E-state index in [4.69, 9.17) is 16.9 Å². The van der Waals surface area contributed by atoms with Crippen molar-refractivity contribution in [1.29, 1.82) is 5.26 Å². The minimum absolute atomic E-state index is 0.140. The summed E-state index contributed by atoms with van der Waals surface area (Å²) in [4.78, 5) is 4.06. The fourth-order valence-corrected chi connectivity index (χ4v) is 3.88. The third-order valence-corrected chi connectivity index (χ3v) is 5.44. The zero-order valence-electron chi connectivity index (χ0n) is 14.1. The Labute approximate surface area is 161 Å². The fourth-order valence-electron chi connectivity index (χ4n) is 2.45. The van der Waals surface area contributed by atoms with Crippen LogP contribution in [0, 0.1) is 24.1 Å². The summed E-state index contributed by atoms with van der Waals surface area (Å²) in [7, 11) is -3.76. The van der Waals surface area contributed by atoms with Gasteiger partial charge in [-0.15, -0.1) is 0 Å². The van der Waals surface area contributed by atoms with Gasteiger partial charge in [-0.2, -0.15) is 5.26 Å². The van der Waals surface area contributed by atoms with Gasteiger partial charge in [-0.3, -0.25) is 4.72 Å². The zero-order valence-corrected chi connectivity index (χ0v) is 15.6. The lowest BCUT2D eigenvalue weighted by molar-refractivity contribution is 0.601. The van der Waals surface area contributed by atoms with Gasteiger partial charge < -0.3 is 0 Å². The molecule has 2 aromatic carbocycles. The van der Waals surface area contributed by atoms with E-state index in [1.54, 1.807) is 37.3 Å². The molecule has 0 aliphatic heterocycles. The third-order valence-electron chi connectivity index (χ3n) is 3.75. The summed E-state index contributed by atoms with van der Waals surface area (Å²) in [5.41, 5.74) is 1.51. The van der Waals surface area contributed by atoms with Crippen LogP contribution in [0.1, 0.15) is 11.3 Å². The van der Waals surface area contributed by atoms with Crippen LogP contribution in [0.3, 0.4) is 0 Å². The Morgan fingerprint density at radius 1 is 1.15 bits per heavy atom. The second-order valence-corrected chi connectivity index (χ2v) is 7.84. The second kappa shape index (κ2) is 7.35. The number of anilines is 1. The Morgan fingerprint density at radius 3 is 2.59 bits per heavy atom. The maximum atomic E-state index is 13.4. The van der Waals surface area contributed by atoms with E-state index in [2.05, 4.69) is 9.71 Å². The first-order chi connectivity index (χ1) is 12.8. The first-order valence-corrected chi connectivity index (χ1v) is 9.62. The predicted octanol–water partition coefficient (Wildman–Crippen LogP) is 4.52. The molecule has 1 aromatic heterocycles. The van der Waals surface area contributed by atoms with Gasteiger partial charge in [-0.05, 0) is 55.0 Å². The van der Waals surface area contributed by atoms with E-state index in [0.717, 1.165) is 11.6 Å². The molecule has 0 atom stereocenters. The van der Waals surface area contributed by atoms with Gasteiger partial charge in [-0.1, -0.05) is 23.7 Å². The Bertz CT molecular complexity index is 1170. The number of nitrogens with zero attached hydrogens (tertiary/aromatic N) is 2. The van der Waals surface area contributed by atoms with Crippen molar-refractivity contribution in [3.05, 3.63) is 76.7 Å². The van der Waals surface area contributed by atoms with Gasteiger partial charge in [-0.25, -0.2) is 17.8 Å². The van der Waals surface area contributed by atoms with Crippen molar-refractivity contribution in [3.63, 3.8) is 0 Å². The van der Waals surface area contributed by atoms with Gasteiger partial charge >= 0.3 is 0 Å². The van der Waals surface area contributed by atoms with E-state index in [1.165, 1.54) is 24.3 Å². The van der Waals surface area contributed by atoms with Gasteiger partial charge in [0.2, 0.25) is 0 Å². The van der Waals surface area contributed by atoms with E-state index in [9.17, 15) is 12.8 Å². The number of aryl methyl sites for hydroxylation is 1. The summed E-state index contributed by atoms with van der Waals surface area (Å²) in [5.74, 6) is -0.722. The molecule has 0 radical (unpaired) electrons. The number of nitriles is 1. The molecule has 3 rings (SSSR count). The first kappa shape index (κ1) is 18.8. The molecule has 0 unspecified atom stereocenters. The maximum absolute atomic E-state index is 13.4. The van der Waals surface area contributed by atoms with Crippen molar-refractivity contribution in [2.45, 2.75) is 11.8 Å². The number of halogens is 2. The van der Waals surface area contributed by atoms with E-state index in [0.29, 0.717) is 11.3 Å². The molecule has 136 valence electrons. The molecular formula is C19H13ClFN3O2S. The van der Waals surface area contributed by atoms with E-state index >= 15 is 0 Å². The summed E-state index contributed by atoms with van der Waals surface area (Å²) in [6.45, 7) is 1.80. The standard InChI is InChI=1S/C19H13ClFN3O2S/c1-12-3-2-4-14(9-12)27(25,26)24-13-5-6-15(16(20)10-13)18-8-7-17(21)19(11-22)23-18/h2-10,24H,1H3. The van der Waals surface area contributed by atoms with Crippen LogP contribution >= 0.6 is 11.6 Å². The Kier molecular flexibility index (Phi) is 5.13. The van der Waals surface area contributed by atoms with Crippen LogP contribution in [-0.4, -0.2) is 13.4 Å². The number of nitrogens with one attached hydrogen (secondary N) is 1. The van der Waals surface area contributed by atoms with E-state index in [1.807, 2.05) is 0 Å². The number of hydrogen-bond donors (Lipinski definition) is 1. The highest BCUT2D eigenvalue weighted by molar-refractivity contribution is 7.92. The Morgan fingerprint density at radius 2 is 1.93 bits per heavy atom. The molecular weight excluding hydrogens is 389 g/mol. The number of aromatic nitrogens is 1. The van der Waals surface area contributed by atoms with E-state index in [-0.39, 0.29) is 21.3 Å². The molecule has 1 heterocycles. The molecule has 0 fully saturated rings. The van der Waals surface area contributed by atoms with Gasteiger partial charge in [0.1, 0.15) is 6.07 Å². The molecule has 0 aliphatic rings. The van der Waals surface area contributed by atoms with Crippen molar-refractivity contribution in [2.24, 2.45) is 0 Å². The van der Waals surface area contributed by atoms with Crippen molar-refractivity contribution in [2.75, 3.05) is 4.72 Å².